The molecule has 1 aromatic rings. The summed E-state index contributed by atoms with van der Waals surface area (Å²) in [4.78, 5) is 22.8. The van der Waals surface area contributed by atoms with E-state index in [2.05, 4.69) is 0 Å². The van der Waals surface area contributed by atoms with Gasteiger partial charge in [0.05, 0.1) is 5.68 Å². The summed E-state index contributed by atoms with van der Waals surface area (Å²) in [5.74, 6) is 0.200. The van der Waals surface area contributed by atoms with Crippen molar-refractivity contribution in [2.45, 2.75) is 60.3 Å². The fourth-order valence-electron chi connectivity index (χ4n) is 2.89. The number of rotatable bonds is 4. The molecular formula is C17H23BO3. The first-order chi connectivity index (χ1) is 9.49. The summed E-state index contributed by atoms with van der Waals surface area (Å²) in [6.45, 7) is 13.3. The van der Waals surface area contributed by atoms with Crippen LogP contribution in [0.4, 0.5) is 0 Å². The van der Waals surface area contributed by atoms with Gasteiger partial charge in [0.15, 0.2) is 7.85 Å². The Kier molecular flexibility index (Phi) is 5.03. The van der Waals surface area contributed by atoms with Gasteiger partial charge in [-0.25, -0.2) is 0 Å². The standard InChI is InChI=1S/C17H23BO3/c1-9-10(2)12(4)16(21-13(5)19)15(11(9)3)17(6,7)8-14(18)20/h8H2,1-7H3. The number of esters is 1. The number of ether oxygens (including phenoxy) is 1. The first kappa shape index (κ1) is 17.5. The Morgan fingerprint density at radius 1 is 1.00 bits per heavy atom. The highest BCUT2D eigenvalue weighted by Crippen LogP contribution is 2.42. The second-order valence-corrected chi connectivity index (χ2v) is 6.32. The van der Waals surface area contributed by atoms with Crippen molar-refractivity contribution in [1.82, 2.24) is 0 Å². The fourth-order valence-corrected chi connectivity index (χ4v) is 2.89. The van der Waals surface area contributed by atoms with E-state index in [4.69, 9.17) is 12.6 Å². The molecule has 0 aliphatic rings. The molecule has 0 aliphatic heterocycles. The third-order valence-electron chi connectivity index (χ3n) is 4.17. The van der Waals surface area contributed by atoms with Gasteiger partial charge >= 0.3 is 5.97 Å². The Morgan fingerprint density at radius 3 is 1.90 bits per heavy atom. The van der Waals surface area contributed by atoms with Crippen molar-refractivity contribution in [1.29, 1.82) is 0 Å². The summed E-state index contributed by atoms with van der Waals surface area (Å²) < 4.78 is 5.47. The van der Waals surface area contributed by atoms with Crippen LogP contribution in [0, 0.1) is 27.7 Å². The van der Waals surface area contributed by atoms with Gasteiger partial charge in [-0.1, -0.05) is 13.8 Å². The van der Waals surface area contributed by atoms with Crippen molar-refractivity contribution in [3.05, 3.63) is 27.8 Å². The number of carbonyl (C=O) groups is 2. The number of benzene rings is 1. The maximum atomic E-state index is 11.5. The van der Waals surface area contributed by atoms with Crippen LogP contribution in [0.2, 0.25) is 0 Å². The van der Waals surface area contributed by atoms with Crippen LogP contribution in [-0.2, 0) is 15.0 Å². The van der Waals surface area contributed by atoms with E-state index >= 15 is 0 Å². The molecule has 0 N–H and O–H groups in total. The molecule has 0 amide bonds. The molecular weight excluding hydrogens is 263 g/mol. The lowest BCUT2D eigenvalue weighted by Crippen LogP contribution is -2.26. The number of hydrogen-bond acceptors (Lipinski definition) is 3. The molecule has 0 saturated heterocycles. The summed E-state index contributed by atoms with van der Waals surface area (Å²) in [7, 11) is 5.38. The molecule has 4 heteroatoms. The van der Waals surface area contributed by atoms with Gasteiger partial charge < -0.3 is 9.53 Å². The van der Waals surface area contributed by atoms with Crippen molar-refractivity contribution < 1.29 is 14.3 Å². The largest absolute Gasteiger partial charge is 0.426 e. The fraction of sp³-hybridized carbons (Fsp3) is 0.529. The van der Waals surface area contributed by atoms with Gasteiger partial charge in [0.2, 0.25) is 0 Å². The summed E-state index contributed by atoms with van der Waals surface area (Å²) in [6.07, 6.45) is 0.198. The smallest absolute Gasteiger partial charge is 0.308 e. The van der Waals surface area contributed by atoms with Crippen molar-refractivity contribution in [2.75, 3.05) is 0 Å². The second kappa shape index (κ2) is 6.04. The number of hydrogen-bond donors (Lipinski definition) is 0. The third-order valence-corrected chi connectivity index (χ3v) is 4.17. The van der Waals surface area contributed by atoms with Gasteiger partial charge in [-0.15, -0.1) is 0 Å². The summed E-state index contributed by atoms with van der Waals surface area (Å²) in [5, 5.41) is 0. The van der Waals surface area contributed by atoms with Crippen LogP contribution >= 0.6 is 0 Å². The number of carbonyl (C=O) groups excluding carboxylic acids is 2. The first-order valence-electron chi connectivity index (χ1n) is 7.06. The molecule has 0 aliphatic carbocycles. The zero-order valence-electron chi connectivity index (χ0n) is 14.0. The molecule has 0 atom stereocenters. The lowest BCUT2D eigenvalue weighted by atomic mass is 9.72. The molecule has 3 nitrogen and oxygen atoms in total. The van der Waals surface area contributed by atoms with E-state index in [0.717, 1.165) is 27.8 Å². The highest BCUT2D eigenvalue weighted by molar-refractivity contribution is 6.57. The predicted octanol–water partition coefficient (Wildman–Crippen LogP) is 3.21. The maximum Gasteiger partial charge on any atom is 0.308 e. The first-order valence-corrected chi connectivity index (χ1v) is 7.06. The molecule has 2 radical (unpaired) electrons. The van der Waals surface area contributed by atoms with Crippen molar-refractivity contribution in [2.24, 2.45) is 0 Å². The Balaban J connectivity index is 3.69. The topological polar surface area (TPSA) is 43.4 Å². The van der Waals surface area contributed by atoms with Gasteiger partial charge in [0.1, 0.15) is 5.75 Å². The molecule has 0 saturated carbocycles. The molecule has 1 rings (SSSR count). The summed E-state index contributed by atoms with van der Waals surface area (Å²) in [5.41, 5.74) is 4.24. The average molecular weight is 286 g/mol. The van der Waals surface area contributed by atoms with Gasteiger partial charge in [-0.05, 0) is 55.4 Å². The minimum atomic E-state index is -0.496. The average Bonchev–Trinajstić information content (AvgIpc) is 2.30. The van der Waals surface area contributed by atoms with E-state index in [9.17, 15) is 9.59 Å². The lowest BCUT2D eigenvalue weighted by Gasteiger charge is -2.31. The monoisotopic (exact) mass is 286 g/mol. The quantitative estimate of drug-likeness (QED) is 0.485. The highest BCUT2D eigenvalue weighted by Gasteiger charge is 2.31. The van der Waals surface area contributed by atoms with Gasteiger partial charge in [-0.2, -0.15) is 0 Å². The van der Waals surface area contributed by atoms with Crippen molar-refractivity contribution in [3.8, 4) is 5.75 Å². The van der Waals surface area contributed by atoms with Crippen LogP contribution in [0.15, 0.2) is 0 Å². The third kappa shape index (κ3) is 3.55. The maximum absolute atomic E-state index is 11.5. The zero-order chi connectivity index (χ0) is 16.5. The minimum Gasteiger partial charge on any atom is -0.426 e. The van der Waals surface area contributed by atoms with Gasteiger partial charge in [0.25, 0.3) is 0 Å². The molecule has 112 valence electrons. The van der Waals surface area contributed by atoms with Crippen LogP contribution < -0.4 is 4.74 Å². The molecule has 0 heterocycles. The highest BCUT2D eigenvalue weighted by atomic mass is 16.5. The van der Waals surface area contributed by atoms with Crippen LogP contribution in [0.3, 0.4) is 0 Å². The Labute approximate surface area is 128 Å². The van der Waals surface area contributed by atoms with E-state index in [1.807, 2.05) is 41.5 Å². The van der Waals surface area contributed by atoms with E-state index in [1.165, 1.54) is 6.92 Å². The van der Waals surface area contributed by atoms with E-state index in [-0.39, 0.29) is 18.1 Å². The predicted molar refractivity (Wildman–Crippen MR) is 85.1 cm³/mol. The molecule has 0 spiro atoms. The molecule has 0 bridgehead atoms. The van der Waals surface area contributed by atoms with Crippen LogP contribution in [0.25, 0.3) is 0 Å². The molecule has 0 fully saturated rings. The van der Waals surface area contributed by atoms with E-state index in [0.29, 0.717) is 5.75 Å². The minimum absolute atomic E-state index is 0.198. The normalized spacial score (nSPS) is 11.4. The van der Waals surface area contributed by atoms with E-state index in [1.54, 1.807) is 0 Å². The Bertz CT molecular complexity index is 601. The lowest BCUT2D eigenvalue weighted by molar-refractivity contribution is -0.132. The van der Waals surface area contributed by atoms with Gasteiger partial charge in [0, 0.05) is 18.9 Å². The van der Waals surface area contributed by atoms with Crippen molar-refractivity contribution >= 4 is 19.5 Å². The molecule has 21 heavy (non-hydrogen) atoms. The SMILES string of the molecule is [B]C(=O)CC(C)(C)c1c(C)c(C)c(C)c(C)c1OC(C)=O. The van der Waals surface area contributed by atoms with Crippen LogP contribution in [-0.4, -0.2) is 19.5 Å². The second-order valence-electron chi connectivity index (χ2n) is 6.32. The molecule has 0 aromatic heterocycles. The van der Waals surface area contributed by atoms with Gasteiger partial charge in [-0.3, -0.25) is 4.79 Å². The van der Waals surface area contributed by atoms with Crippen LogP contribution in [0.5, 0.6) is 5.75 Å². The zero-order valence-corrected chi connectivity index (χ0v) is 14.0. The Hall–Kier alpha value is -1.58. The van der Waals surface area contributed by atoms with E-state index < -0.39 is 5.41 Å². The summed E-state index contributed by atoms with van der Waals surface area (Å²) >= 11 is 0. The molecule has 1 aromatic carbocycles. The van der Waals surface area contributed by atoms with Crippen molar-refractivity contribution in [3.63, 3.8) is 0 Å². The molecule has 0 unspecified atom stereocenters. The van der Waals surface area contributed by atoms with Crippen LogP contribution in [0.1, 0.15) is 55.0 Å². The summed E-state index contributed by atoms with van der Waals surface area (Å²) in [6, 6.07) is 0. The Morgan fingerprint density at radius 2 is 1.48 bits per heavy atom.